The molecule has 4 nitrogen and oxygen atoms in total. The van der Waals surface area contributed by atoms with Gasteiger partial charge in [-0.3, -0.25) is 4.79 Å². The summed E-state index contributed by atoms with van der Waals surface area (Å²) in [6, 6.07) is 8.03. The lowest BCUT2D eigenvalue weighted by Crippen LogP contribution is -2.48. The van der Waals surface area contributed by atoms with E-state index in [2.05, 4.69) is 5.32 Å². The lowest BCUT2D eigenvalue weighted by atomic mass is 10.0. The van der Waals surface area contributed by atoms with Crippen LogP contribution in [0.15, 0.2) is 35.7 Å². The molecule has 1 aliphatic heterocycles. The lowest BCUT2D eigenvalue weighted by Gasteiger charge is -2.36. The largest absolute Gasteiger partial charge is 0.496 e. The van der Waals surface area contributed by atoms with Crippen molar-refractivity contribution in [3.8, 4) is 5.75 Å². The van der Waals surface area contributed by atoms with Crippen molar-refractivity contribution in [1.29, 1.82) is 0 Å². The van der Waals surface area contributed by atoms with E-state index < -0.39 is 0 Å². The van der Waals surface area contributed by atoms with E-state index in [-0.39, 0.29) is 30.2 Å². The van der Waals surface area contributed by atoms with Gasteiger partial charge in [0.05, 0.1) is 18.0 Å². The number of nitrogens with one attached hydrogen (secondary N) is 1. The second-order valence-corrected chi connectivity index (χ2v) is 6.04. The number of nitrogens with zero attached hydrogens (tertiary/aromatic N) is 1. The molecule has 2 heterocycles. The molecule has 1 fully saturated rings. The fourth-order valence-corrected chi connectivity index (χ4v) is 3.45. The number of ether oxygens (including phenoxy) is 1. The Morgan fingerprint density at radius 2 is 2.26 bits per heavy atom. The maximum Gasteiger partial charge on any atom is 0.264 e. The summed E-state index contributed by atoms with van der Waals surface area (Å²) in [4.78, 5) is 15.2. The maximum absolute atomic E-state index is 13.5. The minimum absolute atomic E-state index is 0. The molecule has 0 saturated carbocycles. The molecular formula is C16H18ClFN2O2S. The number of hydrogen-bond acceptors (Lipinski definition) is 4. The third kappa shape index (κ3) is 3.83. The number of thiophene rings is 1. The van der Waals surface area contributed by atoms with Crippen LogP contribution < -0.4 is 10.1 Å². The van der Waals surface area contributed by atoms with Crippen molar-refractivity contribution in [2.45, 2.75) is 6.04 Å². The van der Waals surface area contributed by atoms with Crippen LogP contribution in [0.5, 0.6) is 5.75 Å². The number of benzene rings is 1. The number of carbonyl (C=O) groups is 1. The molecule has 1 aliphatic rings. The summed E-state index contributed by atoms with van der Waals surface area (Å²) < 4.78 is 18.6. The molecule has 1 amide bonds. The standard InChI is InChI=1S/C16H17FN2O2S.ClH/c1-21-13-8-15(22-10-13)16(20)19-6-5-18-9-14(19)11-3-2-4-12(17)7-11;/h2-4,7-8,10,14,18H,5-6,9H2,1H3;1H. The Bertz CT molecular complexity index is 680. The molecule has 3 rings (SSSR count). The number of halogens is 2. The Morgan fingerprint density at radius 3 is 2.96 bits per heavy atom. The van der Waals surface area contributed by atoms with Gasteiger partial charge in [-0.05, 0) is 17.7 Å². The van der Waals surface area contributed by atoms with Gasteiger partial charge >= 0.3 is 0 Å². The van der Waals surface area contributed by atoms with Crippen molar-refractivity contribution in [3.63, 3.8) is 0 Å². The summed E-state index contributed by atoms with van der Waals surface area (Å²) >= 11 is 1.37. The van der Waals surface area contributed by atoms with E-state index in [4.69, 9.17) is 4.74 Å². The quantitative estimate of drug-likeness (QED) is 0.918. The third-order valence-electron chi connectivity index (χ3n) is 3.76. The summed E-state index contributed by atoms with van der Waals surface area (Å²) in [6.07, 6.45) is 0. The van der Waals surface area contributed by atoms with Crippen LogP contribution in [0.25, 0.3) is 0 Å². The van der Waals surface area contributed by atoms with E-state index in [1.165, 1.54) is 23.5 Å². The summed E-state index contributed by atoms with van der Waals surface area (Å²) in [5, 5.41) is 5.08. The monoisotopic (exact) mass is 356 g/mol. The fourth-order valence-electron chi connectivity index (χ4n) is 2.64. The molecule has 0 spiro atoms. The second kappa shape index (κ2) is 7.77. The number of amides is 1. The summed E-state index contributed by atoms with van der Waals surface area (Å²) in [7, 11) is 1.58. The zero-order chi connectivity index (χ0) is 15.5. The highest BCUT2D eigenvalue weighted by Crippen LogP contribution is 2.28. The van der Waals surface area contributed by atoms with Gasteiger partial charge in [-0.1, -0.05) is 12.1 Å². The van der Waals surface area contributed by atoms with Crippen molar-refractivity contribution in [3.05, 3.63) is 52.0 Å². The first kappa shape index (κ1) is 17.7. The minimum atomic E-state index is -0.284. The predicted octanol–water partition coefficient (Wildman–Crippen LogP) is 3.10. The van der Waals surface area contributed by atoms with Crippen LogP contribution in [-0.2, 0) is 0 Å². The minimum Gasteiger partial charge on any atom is -0.496 e. The van der Waals surface area contributed by atoms with Gasteiger partial charge in [0.2, 0.25) is 0 Å². The smallest absolute Gasteiger partial charge is 0.264 e. The Hall–Kier alpha value is -1.63. The van der Waals surface area contributed by atoms with Crippen LogP contribution in [-0.4, -0.2) is 37.6 Å². The van der Waals surface area contributed by atoms with Gasteiger partial charge in [-0.2, -0.15) is 0 Å². The van der Waals surface area contributed by atoms with Gasteiger partial charge in [0.15, 0.2) is 0 Å². The Balaban J connectivity index is 0.00000192. The molecule has 0 radical (unpaired) electrons. The zero-order valence-electron chi connectivity index (χ0n) is 12.6. The van der Waals surface area contributed by atoms with Crippen molar-refractivity contribution < 1.29 is 13.9 Å². The summed E-state index contributed by atoms with van der Waals surface area (Å²) in [6.45, 7) is 1.96. The van der Waals surface area contributed by atoms with Crippen LogP contribution in [0, 0.1) is 5.82 Å². The van der Waals surface area contributed by atoms with Crippen LogP contribution >= 0.6 is 23.7 Å². The van der Waals surface area contributed by atoms with Crippen LogP contribution in [0.2, 0.25) is 0 Å². The normalized spacial score (nSPS) is 17.5. The highest BCUT2D eigenvalue weighted by atomic mass is 35.5. The molecule has 1 unspecified atom stereocenters. The highest BCUT2D eigenvalue weighted by molar-refractivity contribution is 7.12. The van der Waals surface area contributed by atoms with E-state index in [1.54, 1.807) is 24.1 Å². The van der Waals surface area contributed by atoms with Crippen molar-refractivity contribution >= 4 is 29.7 Å². The molecule has 1 N–H and O–H groups in total. The Kier molecular flexibility index (Phi) is 5.98. The van der Waals surface area contributed by atoms with E-state index in [1.807, 2.05) is 11.4 Å². The molecule has 1 atom stereocenters. The molecule has 1 saturated heterocycles. The van der Waals surface area contributed by atoms with Gasteiger partial charge < -0.3 is 15.0 Å². The molecule has 2 aromatic rings. The highest BCUT2D eigenvalue weighted by Gasteiger charge is 2.29. The van der Waals surface area contributed by atoms with Crippen molar-refractivity contribution in [1.82, 2.24) is 10.2 Å². The van der Waals surface area contributed by atoms with Gasteiger partial charge in [-0.15, -0.1) is 23.7 Å². The number of carbonyl (C=O) groups excluding carboxylic acids is 1. The topological polar surface area (TPSA) is 41.6 Å². The van der Waals surface area contributed by atoms with E-state index in [0.29, 0.717) is 23.7 Å². The summed E-state index contributed by atoms with van der Waals surface area (Å²) in [5.74, 6) is 0.364. The van der Waals surface area contributed by atoms with Crippen LogP contribution in [0.4, 0.5) is 4.39 Å². The van der Waals surface area contributed by atoms with E-state index >= 15 is 0 Å². The van der Waals surface area contributed by atoms with Gasteiger partial charge in [0.1, 0.15) is 11.6 Å². The van der Waals surface area contributed by atoms with E-state index in [0.717, 1.165) is 12.1 Å². The van der Waals surface area contributed by atoms with Gasteiger partial charge in [-0.25, -0.2) is 4.39 Å². The van der Waals surface area contributed by atoms with Gasteiger partial charge in [0.25, 0.3) is 5.91 Å². The fraction of sp³-hybridized carbons (Fsp3) is 0.312. The first-order chi connectivity index (χ1) is 10.7. The Labute approximate surface area is 144 Å². The predicted molar refractivity (Wildman–Crippen MR) is 91.2 cm³/mol. The zero-order valence-corrected chi connectivity index (χ0v) is 14.3. The molecule has 7 heteroatoms. The molecule has 0 bridgehead atoms. The first-order valence-electron chi connectivity index (χ1n) is 7.08. The van der Waals surface area contributed by atoms with Crippen LogP contribution in [0.1, 0.15) is 21.3 Å². The number of rotatable bonds is 3. The van der Waals surface area contributed by atoms with Crippen LogP contribution in [0.3, 0.4) is 0 Å². The summed E-state index contributed by atoms with van der Waals surface area (Å²) in [5.41, 5.74) is 0.809. The molecular weight excluding hydrogens is 339 g/mol. The van der Waals surface area contributed by atoms with E-state index in [9.17, 15) is 9.18 Å². The number of piperazine rings is 1. The Morgan fingerprint density at radius 1 is 1.43 bits per heavy atom. The molecule has 23 heavy (non-hydrogen) atoms. The van der Waals surface area contributed by atoms with Crippen molar-refractivity contribution in [2.24, 2.45) is 0 Å². The van der Waals surface area contributed by atoms with Gasteiger partial charge in [0, 0.05) is 31.1 Å². The lowest BCUT2D eigenvalue weighted by molar-refractivity contribution is 0.0639. The molecule has 1 aromatic heterocycles. The SMILES string of the molecule is COc1csc(C(=O)N2CCNCC2c2cccc(F)c2)c1.Cl. The second-order valence-electron chi connectivity index (χ2n) is 5.12. The average Bonchev–Trinajstić information content (AvgIpc) is 3.03. The number of methoxy groups -OCH3 is 1. The first-order valence-corrected chi connectivity index (χ1v) is 7.96. The average molecular weight is 357 g/mol. The molecule has 1 aromatic carbocycles. The third-order valence-corrected chi connectivity index (χ3v) is 4.66. The van der Waals surface area contributed by atoms with Crippen molar-refractivity contribution in [2.75, 3.05) is 26.7 Å². The maximum atomic E-state index is 13.5. The number of hydrogen-bond donors (Lipinski definition) is 1. The molecule has 124 valence electrons. The molecule has 0 aliphatic carbocycles.